The molecule has 0 bridgehead atoms. The fourth-order valence-electron chi connectivity index (χ4n) is 5.37. The Bertz CT molecular complexity index is 1810. The van der Waals surface area contributed by atoms with E-state index >= 15 is 0 Å². The van der Waals surface area contributed by atoms with E-state index in [-0.39, 0.29) is 17.7 Å². The summed E-state index contributed by atoms with van der Waals surface area (Å²) in [6.45, 7) is 3.60. The largest absolute Gasteiger partial charge is 0.457 e. The molecule has 1 amide bonds. The van der Waals surface area contributed by atoms with Crippen molar-refractivity contribution in [1.82, 2.24) is 25.1 Å². The first-order valence-corrected chi connectivity index (χ1v) is 14.2. The van der Waals surface area contributed by atoms with Crippen LogP contribution in [-0.2, 0) is 12.7 Å². The van der Waals surface area contributed by atoms with Gasteiger partial charge in [-0.25, -0.2) is 9.97 Å². The van der Waals surface area contributed by atoms with Crippen molar-refractivity contribution in [1.29, 1.82) is 0 Å². The number of H-pyrrole nitrogens is 1. The van der Waals surface area contributed by atoms with E-state index in [0.29, 0.717) is 39.7 Å². The maximum Gasteiger partial charge on any atom is 0.416 e. The molecule has 1 aliphatic heterocycles. The van der Waals surface area contributed by atoms with Gasteiger partial charge in [0.05, 0.1) is 16.6 Å². The van der Waals surface area contributed by atoms with Gasteiger partial charge in [0.1, 0.15) is 23.6 Å². The standard InChI is InChI=1S/C32H30F3N7O2/c1-19-5-10-23(39-31(43)21-6-7-22(25(15-21)32(33,34)35)17-42-13-3-2-4-14-42)16-26(19)44-24-11-8-20(9-12-24)28-27-29(36)37-18-38-30(27)41-40-28/h5-12,15-16,18H,2-4,13-14,17H2,1H3,(H,39,43)(H3,36,37,38,40,41). The molecule has 3 heterocycles. The molecular weight excluding hydrogens is 571 g/mol. The van der Waals surface area contributed by atoms with Crippen molar-refractivity contribution in [3.8, 4) is 22.8 Å². The zero-order chi connectivity index (χ0) is 30.8. The van der Waals surface area contributed by atoms with Crippen molar-refractivity contribution >= 4 is 28.4 Å². The lowest BCUT2D eigenvalue weighted by atomic mass is 10.0. The number of hydrogen-bond donors (Lipinski definition) is 3. The zero-order valence-electron chi connectivity index (χ0n) is 23.9. The maximum atomic E-state index is 14.0. The number of nitrogen functional groups attached to an aromatic ring is 1. The highest BCUT2D eigenvalue weighted by Gasteiger charge is 2.34. The van der Waals surface area contributed by atoms with Crippen molar-refractivity contribution in [2.45, 2.75) is 38.9 Å². The number of nitrogens with one attached hydrogen (secondary N) is 2. The lowest BCUT2D eigenvalue weighted by Gasteiger charge is -2.27. The number of piperidine rings is 1. The molecule has 0 spiro atoms. The SMILES string of the molecule is Cc1ccc(NC(=O)c2ccc(CN3CCCCC3)c(C(F)(F)F)c2)cc1Oc1ccc(-c2[nH]nc3ncnc(N)c23)cc1. The highest BCUT2D eigenvalue weighted by atomic mass is 19.4. The van der Waals surface area contributed by atoms with E-state index in [9.17, 15) is 18.0 Å². The second-order valence-electron chi connectivity index (χ2n) is 10.8. The van der Waals surface area contributed by atoms with E-state index < -0.39 is 17.6 Å². The number of nitrogens with zero attached hydrogens (tertiary/aromatic N) is 4. The van der Waals surface area contributed by atoms with E-state index in [1.807, 2.05) is 24.0 Å². The van der Waals surface area contributed by atoms with Gasteiger partial charge >= 0.3 is 6.18 Å². The maximum absolute atomic E-state index is 14.0. The number of likely N-dealkylation sites (tertiary alicyclic amines) is 1. The summed E-state index contributed by atoms with van der Waals surface area (Å²) < 4.78 is 48.1. The summed E-state index contributed by atoms with van der Waals surface area (Å²) in [5.74, 6) is 0.686. The van der Waals surface area contributed by atoms with Crippen molar-refractivity contribution in [3.63, 3.8) is 0 Å². The Morgan fingerprint density at radius 3 is 2.55 bits per heavy atom. The van der Waals surface area contributed by atoms with Crippen molar-refractivity contribution < 1.29 is 22.7 Å². The molecule has 12 heteroatoms. The van der Waals surface area contributed by atoms with Gasteiger partial charge in [0.25, 0.3) is 5.91 Å². The number of carbonyl (C=O) groups is 1. The molecular formula is C32H30F3N7O2. The van der Waals surface area contributed by atoms with Crippen LogP contribution in [0.5, 0.6) is 11.5 Å². The average Bonchev–Trinajstić information content (AvgIpc) is 3.45. The summed E-state index contributed by atoms with van der Waals surface area (Å²) in [5.41, 5.74) is 8.47. The highest BCUT2D eigenvalue weighted by molar-refractivity contribution is 6.04. The number of ether oxygens (including phenoxy) is 1. The Morgan fingerprint density at radius 2 is 1.80 bits per heavy atom. The van der Waals surface area contributed by atoms with Gasteiger partial charge in [-0.1, -0.05) is 18.6 Å². The molecule has 0 aliphatic carbocycles. The van der Waals surface area contributed by atoms with Crippen LogP contribution in [0.2, 0.25) is 0 Å². The Hall–Kier alpha value is -4.97. The molecule has 2 aromatic heterocycles. The molecule has 1 aliphatic rings. The Kier molecular flexibility index (Phi) is 7.92. The third kappa shape index (κ3) is 6.20. The molecule has 4 N–H and O–H groups in total. The number of aryl methyl sites for hydroxylation is 1. The van der Waals surface area contributed by atoms with E-state index in [4.69, 9.17) is 10.5 Å². The Labute approximate surface area is 251 Å². The second-order valence-corrected chi connectivity index (χ2v) is 10.8. The summed E-state index contributed by atoms with van der Waals surface area (Å²) in [7, 11) is 0. The van der Waals surface area contributed by atoms with E-state index in [1.54, 1.807) is 30.3 Å². The fourth-order valence-corrected chi connectivity index (χ4v) is 5.37. The molecule has 0 radical (unpaired) electrons. The Balaban J connectivity index is 1.17. The van der Waals surface area contributed by atoms with Gasteiger partial charge in [-0.3, -0.25) is 14.8 Å². The predicted molar refractivity (Wildman–Crippen MR) is 161 cm³/mol. The van der Waals surface area contributed by atoms with Crippen LogP contribution < -0.4 is 15.8 Å². The number of halogens is 3. The van der Waals surface area contributed by atoms with Gasteiger partial charge in [0.15, 0.2) is 5.65 Å². The predicted octanol–water partition coefficient (Wildman–Crippen LogP) is 6.96. The summed E-state index contributed by atoms with van der Waals surface area (Å²) in [4.78, 5) is 23.2. The zero-order valence-corrected chi connectivity index (χ0v) is 23.9. The minimum Gasteiger partial charge on any atom is -0.457 e. The number of fused-ring (bicyclic) bond motifs is 1. The van der Waals surface area contributed by atoms with Crippen LogP contribution in [0.25, 0.3) is 22.3 Å². The van der Waals surface area contributed by atoms with Crippen molar-refractivity contribution in [2.24, 2.45) is 0 Å². The topological polar surface area (TPSA) is 122 Å². The monoisotopic (exact) mass is 601 g/mol. The van der Waals surface area contributed by atoms with Crippen LogP contribution in [0, 0.1) is 6.92 Å². The first-order chi connectivity index (χ1) is 21.2. The van der Waals surface area contributed by atoms with Crippen LogP contribution in [0.1, 0.15) is 46.3 Å². The smallest absolute Gasteiger partial charge is 0.416 e. The number of alkyl halides is 3. The van der Waals surface area contributed by atoms with Gasteiger partial charge in [0, 0.05) is 29.4 Å². The number of aromatic amines is 1. The lowest BCUT2D eigenvalue weighted by molar-refractivity contribution is -0.138. The van der Waals surface area contributed by atoms with Crippen LogP contribution in [0.15, 0.2) is 67.0 Å². The van der Waals surface area contributed by atoms with Gasteiger partial charge in [0.2, 0.25) is 0 Å². The molecule has 0 saturated carbocycles. The summed E-state index contributed by atoms with van der Waals surface area (Å²) in [6, 6.07) is 16.1. The number of carbonyl (C=O) groups excluding carboxylic acids is 1. The van der Waals surface area contributed by atoms with Gasteiger partial charge in [-0.2, -0.15) is 18.3 Å². The summed E-state index contributed by atoms with van der Waals surface area (Å²) >= 11 is 0. The first-order valence-electron chi connectivity index (χ1n) is 14.2. The van der Waals surface area contributed by atoms with Crippen LogP contribution >= 0.6 is 0 Å². The third-order valence-corrected chi connectivity index (χ3v) is 7.72. The van der Waals surface area contributed by atoms with Gasteiger partial charge < -0.3 is 15.8 Å². The van der Waals surface area contributed by atoms with Crippen LogP contribution in [0.3, 0.4) is 0 Å². The van der Waals surface area contributed by atoms with Crippen LogP contribution in [-0.4, -0.2) is 44.1 Å². The summed E-state index contributed by atoms with van der Waals surface area (Å²) in [5, 5.41) is 10.5. The molecule has 3 aromatic carbocycles. The number of benzene rings is 3. The molecule has 0 atom stereocenters. The number of amides is 1. The van der Waals surface area contributed by atoms with Crippen LogP contribution in [0.4, 0.5) is 24.7 Å². The van der Waals surface area contributed by atoms with E-state index in [0.717, 1.165) is 49.5 Å². The lowest BCUT2D eigenvalue weighted by Crippen LogP contribution is -2.30. The van der Waals surface area contributed by atoms with Crippen molar-refractivity contribution in [3.05, 3.63) is 89.2 Å². The van der Waals surface area contributed by atoms with E-state index in [2.05, 4.69) is 25.5 Å². The molecule has 1 saturated heterocycles. The molecule has 226 valence electrons. The molecule has 9 nitrogen and oxygen atoms in total. The fraction of sp³-hybridized carbons (Fsp3) is 0.250. The molecule has 0 unspecified atom stereocenters. The Morgan fingerprint density at radius 1 is 1.02 bits per heavy atom. The quantitative estimate of drug-likeness (QED) is 0.184. The first kappa shape index (κ1) is 29.1. The molecule has 44 heavy (non-hydrogen) atoms. The number of rotatable bonds is 7. The highest BCUT2D eigenvalue weighted by Crippen LogP contribution is 2.35. The van der Waals surface area contributed by atoms with Crippen molar-refractivity contribution in [2.75, 3.05) is 24.1 Å². The number of hydrogen-bond acceptors (Lipinski definition) is 7. The molecule has 5 aromatic rings. The third-order valence-electron chi connectivity index (χ3n) is 7.72. The second kappa shape index (κ2) is 12.0. The minimum absolute atomic E-state index is 0.0734. The number of anilines is 2. The molecule has 1 fully saturated rings. The van der Waals surface area contributed by atoms with E-state index in [1.165, 1.54) is 18.5 Å². The van der Waals surface area contributed by atoms with Gasteiger partial charge in [-0.15, -0.1) is 0 Å². The minimum atomic E-state index is -4.58. The number of nitrogens with two attached hydrogens (primary N) is 1. The molecule has 6 rings (SSSR count). The average molecular weight is 602 g/mol. The summed E-state index contributed by atoms with van der Waals surface area (Å²) in [6.07, 6.45) is -0.181. The number of aromatic nitrogens is 4. The van der Waals surface area contributed by atoms with Gasteiger partial charge in [-0.05, 0) is 86.4 Å². The normalized spacial score (nSPS) is 14.1.